The first-order valence-corrected chi connectivity index (χ1v) is 4.17. The van der Waals surface area contributed by atoms with E-state index < -0.39 is 35.7 Å². The molecular formula is C8H6F8O2. The predicted molar refractivity (Wildman–Crippen MR) is 41.9 cm³/mol. The Kier molecular flexibility index (Phi) is 4.37. The number of aliphatic carboxylic acids is 1. The second kappa shape index (κ2) is 4.73. The minimum Gasteiger partial charge on any atom is -0.478 e. The van der Waals surface area contributed by atoms with E-state index in [0.717, 1.165) is 0 Å². The molecule has 0 spiro atoms. The van der Waals surface area contributed by atoms with Crippen LogP contribution in [-0.2, 0) is 4.79 Å². The van der Waals surface area contributed by atoms with Crippen LogP contribution in [0, 0.1) is 5.92 Å². The lowest BCUT2D eigenvalue weighted by molar-refractivity contribution is -0.337. The van der Waals surface area contributed by atoms with Gasteiger partial charge in [0.15, 0.2) is 5.92 Å². The van der Waals surface area contributed by atoms with E-state index in [1.54, 1.807) is 0 Å². The zero-order chi connectivity index (χ0) is 14.9. The number of carbonyl (C=O) groups is 1. The largest absolute Gasteiger partial charge is 0.478 e. The normalized spacial score (nSPS) is 16.6. The van der Waals surface area contributed by atoms with Gasteiger partial charge in [0, 0.05) is 0 Å². The van der Waals surface area contributed by atoms with E-state index in [9.17, 15) is 39.9 Å². The van der Waals surface area contributed by atoms with Gasteiger partial charge in [0.25, 0.3) is 0 Å². The molecule has 0 amide bonds. The number of hydrogen-bond acceptors (Lipinski definition) is 1. The van der Waals surface area contributed by atoms with Gasteiger partial charge in [-0.15, -0.1) is 0 Å². The van der Waals surface area contributed by atoms with Gasteiger partial charge in [-0.25, -0.2) is 4.79 Å². The fourth-order valence-electron chi connectivity index (χ4n) is 1.15. The molecule has 0 aromatic rings. The summed E-state index contributed by atoms with van der Waals surface area (Å²) in [5, 5.41) is 8.27. The van der Waals surface area contributed by atoms with Crippen molar-refractivity contribution in [1.82, 2.24) is 0 Å². The van der Waals surface area contributed by atoms with E-state index >= 15 is 0 Å². The minimum absolute atomic E-state index is 0.0557. The lowest BCUT2D eigenvalue weighted by Gasteiger charge is -2.30. The SMILES string of the molecule is CC=C(C(=O)O)C(C(F)(F)F)C(F)(F)C(F)(F)F. The quantitative estimate of drug-likeness (QED) is 0.637. The monoisotopic (exact) mass is 286 g/mol. The Morgan fingerprint density at radius 3 is 1.61 bits per heavy atom. The number of halogens is 8. The van der Waals surface area contributed by atoms with Crippen LogP contribution in [0.25, 0.3) is 0 Å². The van der Waals surface area contributed by atoms with Gasteiger partial charge in [-0.1, -0.05) is 6.08 Å². The molecule has 1 N–H and O–H groups in total. The fourth-order valence-corrected chi connectivity index (χ4v) is 1.15. The van der Waals surface area contributed by atoms with E-state index in [2.05, 4.69) is 0 Å². The van der Waals surface area contributed by atoms with Crippen molar-refractivity contribution in [3.8, 4) is 0 Å². The molecule has 0 bridgehead atoms. The molecule has 0 aliphatic heterocycles. The van der Waals surface area contributed by atoms with E-state index in [1.165, 1.54) is 0 Å². The smallest absolute Gasteiger partial charge is 0.454 e. The van der Waals surface area contributed by atoms with Crippen LogP contribution in [0.2, 0.25) is 0 Å². The van der Waals surface area contributed by atoms with Crippen LogP contribution < -0.4 is 0 Å². The van der Waals surface area contributed by atoms with Crippen molar-refractivity contribution in [2.24, 2.45) is 5.92 Å². The summed E-state index contributed by atoms with van der Waals surface area (Å²) in [5.41, 5.74) is -2.06. The molecule has 106 valence electrons. The lowest BCUT2D eigenvalue weighted by atomic mass is 9.90. The van der Waals surface area contributed by atoms with Crippen LogP contribution in [-0.4, -0.2) is 29.4 Å². The molecule has 10 heteroatoms. The molecule has 1 atom stereocenters. The second-order valence-electron chi connectivity index (χ2n) is 3.14. The van der Waals surface area contributed by atoms with Crippen molar-refractivity contribution in [3.63, 3.8) is 0 Å². The Hall–Kier alpha value is -1.35. The Morgan fingerprint density at radius 2 is 1.44 bits per heavy atom. The summed E-state index contributed by atoms with van der Waals surface area (Å²) in [6, 6.07) is 0. The van der Waals surface area contributed by atoms with Gasteiger partial charge in [0.2, 0.25) is 0 Å². The van der Waals surface area contributed by atoms with Gasteiger partial charge in [0.1, 0.15) is 0 Å². The van der Waals surface area contributed by atoms with E-state index in [-0.39, 0.29) is 6.08 Å². The summed E-state index contributed by atoms with van der Waals surface area (Å²) in [5.74, 6) is -13.2. The van der Waals surface area contributed by atoms with Gasteiger partial charge in [-0.2, -0.15) is 35.1 Å². The highest BCUT2D eigenvalue weighted by molar-refractivity contribution is 5.87. The van der Waals surface area contributed by atoms with Crippen molar-refractivity contribution >= 4 is 5.97 Å². The van der Waals surface area contributed by atoms with Gasteiger partial charge < -0.3 is 5.11 Å². The van der Waals surface area contributed by atoms with Crippen molar-refractivity contribution in [1.29, 1.82) is 0 Å². The fraction of sp³-hybridized carbons (Fsp3) is 0.625. The van der Waals surface area contributed by atoms with E-state index in [1.807, 2.05) is 0 Å². The maximum atomic E-state index is 12.7. The zero-order valence-electron chi connectivity index (χ0n) is 8.53. The molecule has 0 saturated carbocycles. The summed E-state index contributed by atoms with van der Waals surface area (Å²) in [4.78, 5) is 10.3. The van der Waals surface area contributed by atoms with Crippen LogP contribution in [0.4, 0.5) is 35.1 Å². The third-order valence-corrected chi connectivity index (χ3v) is 1.94. The maximum absolute atomic E-state index is 12.7. The maximum Gasteiger partial charge on any atom is 0.454 e. The molecule has 0 fully saturated rings. The molecular weight excluding hydrogens is 280 g/mol. The van der Waals surface area contributed by atoms with Crippen LogP contribution in [0.1, 0.15) is 6.92 Å². The van der Waals surface area contributed by atoms with Crippen LogP contribution in [0.15, 0.2) is 11.6 Å². The van der Waals surface area contributed by atoms with Crippen molar-refractivity contribution < 1.29 is 45.0 Å². The summed E-state index contributed by atoms with van der Waals surface area (Å²) in [7, 11) is 0. The summed E-state index contributed by atoms with van der Waals surface area (Å²) in [6.07, 6.45) is -12.5. The minimum atomic E-state index is -6.52. The number of allylic oxidation sites excluding steroid dienone is 1. The lowest BCUT2D eigenvalue weighted by Crippen LogP contribution is -2.51. The van der Waals surface area contributed by atoms with Gasteiger partial charge in [0.05, 0.1) is 5.57 Å². The van der Waals surface area contributed by atoms with Crippen molar-refractivity contribution in [2.75, 3.05) is 0 Å². The number of rotatable bonds is 3. The summed E-state index contributed by atoms with van der Waals surface area (Å²) in [6.45, 7) is 0.620. The Labute approximate surface area is 94.9 Å². The third kappa shape index (κ3) is 3.10. The first-order chi connectivity index (χ1) is 7.76. The average Bonchev–Trinajstić information content (AvgIpc) is 2.08. The highest BCUT2D eigenvalue weighted by Crippen LogP contribution is 2.50. The molecule has 0 aliphatic rings. The molecule has 1 unspecified atom stereocenters. The predicted octanol–water partition coefficient (Wildman–Crippen LogP) is 3.39. The van der Waals surface area contributed by atoms with E-state index in [4.69, 9.17) is 5.11 Å². The summed E-state index contributed by atoms with van der Waals surface area (Å²) >= 11 is 0. The molecule has 0 aromatic carbocycles. The molecule has 0 saturated heterocycles. The van der Waals surface area contributed by atoms with Crippen molar-refractivity contribution in [2.45, 2.75) is 25.2 Å². The van der Waals surface area contributed by atoms with Gasteiger partial charge >= 0.3 is 24.2 Å². The van der Waals surface area contributed by atoms with Crippen LogP contribution >= 0.6 is 0 Å². The molecule has 18 heavy (non-hydrogen) atoms. The molecule has 0 aromatic heterocycles. The van der Waals surface area contributed by atoms with Gasteiger partial charge in [-0.05, 0) is 6.92 Å². The van der Waals surface area contributed by atoms with Crippen LogP contribution in [0.3, 0.4) is 0 Å². The Balaban J connectivity index is 5.91. The standard InChI is InChI=1S/C8H6F8O2/c1-2-3(5(17)18)4(7(11,12)13)6(9,10)8(14,15)16/h2,4H,1H3,(H,17,18). The summed E-state index contributed by atoms with van der Waals surface area (Å²) < 4.78 is 98.0. The first-order valence-electron chi connectivity index (χ1n) is 4.17. The number of alkyl halides is 8. The first kappa shape index (κ1) is 16.6. The Morgan fingerprint density at radius 1 is 1.06 bits per heavy atom. The number of hydrogen-bond donors (Lipinski definition) is 1. The highest BCUT2D eigenvalue weighted by Gasteiger charge is 2.71. The molecule has 0 rings (SSSR count). The molecule has 0 radical (unpaired) electrons. The highest BCUT2D eigenvalue weighted by atomic mass is 19.4. The zero-order valence-corrected chi connectivity index (χ0v) is 8.53. The second-order valence-corrected chi connectivity index (χ2v) is 3.14. The van der Waals surface area contributed by atoms with E-state index in [0.29, 0.717) is 6.92 Å². The van der Waals surface area contributed by atoms with Crippen molar-refractivity contribution in [3.05, 3.63) is 11.6 Å². The topological polar surface area (TPSA) is 37.3 Å². The molecule has 0 heterocycles. The third-order valence-electron chi connectivity index (χ3n) is 1.94. The Bertz CT molecular complexity index is 351. The number of carboxylic acid groups (broad SMARTS) is 1. The molecule has 2 nitrogen and oxygen atoms in total. The van der Waals surface area contributed by atoms with Gasteiger partial charge in [-0.3, -0.25) is 0 Å². The number of carboxylic acids is 1. The molecule has 0 aliphatic carbocycles. The average molecular weight is 286 g/mol. The van der Waals surface area contributed by atoms with Crippen LogP contribution in [0.5, 0.6) is 0 Å².